The third-order valence-electron chi connectivity index (χ3n) is 1.04. The van der Waals surface area contributed by atoms with Crippen LogP contribution in [0, 0.1) is 0 Å². The van der Waals surface area contributed by atoms with E-state index in [9.17, 15) is 13.2 Å². The minimum absolute atomic E-state index is 0. The van der Waals surface area contributed by atoms with Crippen molar-refractivity contribution in [3.8, 4) is 0 Å². The maximum Gasteiger partial charge on any atom is 2.00 e. The summed E-state index contributed by atoms with van der Waals surface area (Å²) in [6.45, 7) is 5.66. The van der Waals surface area contributed by atoms with Gasteiger partial charge in [0.2, 0.25) is 5.44 Å². The molecule has 0 saturated carbocycles. The first-order valence-corrected chi connectivity index (χ1v) is 4.58. The van der Waals surface area contributed by atoms with Crippen LogP contribution in [0.2, 0.25) is 0 Å². The van der Waals surface area contributed by atoms with Gasteiger partial charge in [-0.1, -0.05) is 6.58 Å². The van der Waals surface area contributed by atoms with Crippen LogP contribution in [0.4, 0.5) is 0 Å². The van der Waals surface area contributed by atoms with Crippen molar-refractivity contribution >= 4 is 53.8 Å². The molecule has 1 unspecified atom stereocenters. The Hall–Kier alpha value is 0.380. The normalized spacial score (nSPS) is 12.5. The summed E-state index contributed by atoms with van der Waals surface area (Å²) < 4.78 is 33.4. The maximum atomic E-state index is 10.7. The van der Waals surface area contributed by atoms with Gasteiger partial charge in [0.25, 0.3) is 0 Å². The van der Waals surface area contributed by atoms with Crippen molar-refractivity contribution in [1.82, 2.24) is 0 Å². The Morgan fingerprint density at radius 1 is 1.62 bits per heavy atom. The fraction of sp³-hybridized carbons (Fsp3) is 0.500. The number of carbonyl (C=O) groups is 1. The molecule has 0 aromatic carbocycles. The van der Waals surface area contributed by atoms with E-state index in [1.807, 2.05) is 0 Å². The van der Waals surface area contributed by atoms with Gasteiger partial charge in [-0.05, 0) is 13.8 Å². The number of hydrogen-bond acceptors (Lipinski definition) is 4. The van der Waals surface area contributed by atoms with Crippen molar-refractivity contribution in [2.24, 2.45) is 0 Å². The molecule has 0 aliphatic rings. The van der Waals surface area contributed by atoms with Gasteiger partial charge in [0, 0.05) is 5.57 Å². The van der Waals surface area contributed by atoms with E-state index >= 15 is 0 Å². The van der Waals surface area contributed by atoms with E-state index in [0.717, 1.165) is 6.92 Å². The minimum atomic E-state index is -4.32. The van der Waals surface area contributed by atoms with Gasteiger partial charge in [0.1, 0.15) is 0 Å². The molecule has 0 spiro atoms. The molecule has 0 bridgehead atoms. The second-order valence-corrected chi connectivity index (χ2v) is 3.96. The molecule has 0 aliphatic heterocycles. The molecule has 0 saturated heterocycles. The van der Waals surface area contributed by atoms with Crippen molar-refractivity contribution in [3.05, 3.63) is 12.2 Å². The monoisotopic (exact) mass is 236 g/mol. The molecule has 74 valence electrons. The van der Waals surface area contributed by atoms with Gasteiger partial charge in [-0.2, -0.15) is 8.42 Å². The number of ether oxygens (including phenoxy) is 1. The summed E-state index contributed by atoms with van der Waals surface area (Å²) in [4.78, 5) is 10.7. The summed E-state index contributed by atoms with van der Waals surface area (Å²) in [6.07, 6.45) is 0. The zero-order chi connectivity index (χ0) is 9.94. The molecule has 0 aromatic heterocycles. The average molecular weight is 236 g/mol. The molecular formula is C6H12CaO5S. The predicted molar refractivity (Wildman–Crippen MR) is 49.9 cm³/mol. The standard InChI is InChI=1S/C6H10O5S.Ca.2H/c1-4(2)6(7)11-5(3)12(8,9)10;;;/h5H,1H2,2-3H3,(H,8,9,10);;;/q;+2;2*-1. The van der Waals surface area contributed by atoms with Crippen LogP contribution >= 0.6 is 0 Å². The summed E-state index contributed by atoms with van der Waals surface area (Å²) in [7, 11) is -4.32. The van der Waals surface area contributed by atoms with Gasteiger partial charge in [-0.25, -0.2) is 4.79 Å². The molecule has 0 amide bonds. The molecule has 1 atom stereocenters. The van der Waals surface area contributed by atoms with Crippen LogP contribution in [0.5, 0.6) is 0 Å². The van der Waals surface area contributed by atoms with Gasteiger partial charge in [-0.3, -0.25) is 4.55 Å². The van der Waals surface area contributed by atoms with E-state index in [0.29, 0.717) is 0 Å². The molecule has 0 fully saturated rings. The van der Waals surface area contributed by atoms with Crippen LogP contribution in [-0.2, 0) is 19.6 Å². The molecule has 13 heavy (non-hydrogen) atoms. The van der Waals surface area contributed by atoms with E-state index in [1.165, 1.54) is 6.92 Å². The van der Waals surface area contributed by atoms with Gasteiger partial charge in [0.05, 0.1) is 0 Å². The number of carbonyl (C=O) groups excluding carboxylic acids is 1. The van der Waals surface area contributed by atoms with Crippen LogP contribution in [0.1, 0.15) is 16.7 Å². The Bertz CT molecular complexity index is 303. The summed E-state index contributed by atoms with van der Waals surface area (Å²) in [5.74, 6) is -0.847. The van der Waals surface area contributed by atoms with E-state index in [4.69, 9.17) is 4.55 Å². The first-order chi connectivity index (χ1) is 5.25. The van der Waals surface area contributed by atoms with Crippen molar-refractivity contribution < 1.29 is 25.4 Å². The van der Waals surface area contributed by atoms with Crippen LogP contribution in [0.25, 0.3) is 0 Å². The van der Waals surface area contributed by atoms with Gasteiger partial charge in [-0.15, -0.1) is 0 Å². The van der Waals surface area contributed by atoms with Gasteiger partial charge >= 0.3 is 53.8 Å². The summed E-state index contributed by atoms with van der Waals surface area (Å²) in [5, 5.41) is 0. The SMILES string of the molecule is C=C(C)C(=O)OC(C)S(=O)(=O)O.[Ca+2].[H-].[H-]. The summed E-state index contributed by atoms with van der Waals surface area (Å²) >= 11 is 0. The number of rotatable bonds is 3. The fourth-order valence-corrected chi connectivity index (χ4v) is 0.521. The van der Waals surface area contributed by atoms with Crippen molar-refractivity contribution in [2.45, 2.75) is 19.3 Å². The van der Waals surface area contributed by atoms with Crippen LogP contribution in [0.15, 0.2) is 12.2 Å². The Morgan fingerprint density at radius 2 is 2.00 bits per heavy atom. The van der Waals surface area contributed by atoms with Crippen molar-refractivity contribution in [1.29, 1.82) is 0 Å². The topological polar surface area (TPSA) is 80.7 Å². The Balaban J connectivity index is -0.000000202. The van der Waals surface area contributed by atoms with Gasteiger partial charge < -0.3 is 7.59 Å². The molecule has 0 aromatic rings. The van der Waals surface area contributed by atoms with Crippen molar-refractivity contribution in [2.75, 3.05) is 0 Å². The second kappa shape index (κ2) is 5.98. The van der Waals surface area contributed by atoms with Crippen LogP contribution in [0.3, 0.4) is 0 Å². The largest absolute Gasteiger partial charge is 2.00 e. The quantitative estimate of drug-likeness (QED) is 0.327. The molecule has 0 rings (SSSR count). The second-order valence-electron chi connectivity index (χ2n) is 2.27. The Kier molecular flexibility index (Phi) is 7.28. The van der Waals surface area contributed by atoms with Gasteiger partial charge in [0.15, 0.2) is 0 Å². The first-order valence-electron chi connectivity index (χ1n) is 3.08. The van der Waals surface area contributed by atoms with E-state index < -0.39 is 21.5 Å². The molecule has 1 N–H and O–H groups in total. The van der Waals surface area contributed by atoms with Crippen molar-refractivity contribution in [3.63, 3.8) is 0 Å². The summed E-state index contributed by atoms with van der Waals surface area (Å²) in [5.41, 5.74) is -1.48. The minimum Gasteiger partial charge on any atom is -1.00 e. The third-order valence-corrected chi connectivity index (χ3v) is 1.98. The maximum absolute atomic E-state index is 10.7. The molecule has 0 aliphatic carbocycles. The van der Waals surface area contributed by atoms with E-state index in [2.05, 4.69) is 11.3 Å². The molecular weight excluding hydrogens is 224 g/mol. The Labute approximate surface area is 110 Å². The molecule has 0 heterocycles. The van der Waals surface area contributed by atoms with E-state index in [-0.39, 0.29) is 46.2 Å². The zero-order valence-electron chi connectivity index (χ0n) is 9.48. The smallest absolute Gasteiger partial charge is 1.00 e. The summed E-state index contributed by atoms with van der Waals surface area (Å²) in [6, 6.07) is 0. The molecule has 7 heteroatoms. The molecule has 5 nitrogen and oxygen atoms in total. The average Bonchev–Trinajstić information content (AvgIpc) is 1.85. The number of esters is 1. The molecule has 0 radical (unpaired) electrons. The third kappa shape index (κ3) is 6.45. The first kappa shape index (κ1) is 15.8. The Morgan fingerprint density at radius 3 is 2.23 bits per heavy atom. The fourth-order valence-electron chi connectivity index (χ4n) is 0.312. The van der Waals surface area contributed by atoms with Crippen LogP contribution < -0.4 is 0 Å². The zero-order valence-corrected chi connectivity index (χ0v) is 10.5. The predicted octanol–water partition coefficient (Wildman–Crippen LogP) is 0.184. The van der Waals surface area contributed by atoms with E-state index in [1.54, 1.807) is 0 Å². The van der Waals surface area contributed by atoms with Crippen LogP contribution in [-0.4, -0.2) is 62.1 Å². The number of hydrogen-bond donors (Lipinski definition) is 1.